The molecule has 0 fully saturated rings. The van der Waals surface area contributed by atoms with Crippen molar-refractivity contribution in [1.82, 2.24) is 0 Å². The monoisotopic (exact) mass is 397 g/mol. The zero-order chi connectivity index (χ0) is 20.3. The topological polar surface area (TPSA) is 88.4 Å². The highest BCUT2D eigenvalue weighted by molar-refractivity contribution is 8.18. The number of nitrogens with zero attached hydrogens (tertiary/aromatic N) is 1. The zero-order valence-corrected chi connectivity index (χ0v) is 16.4. The number of aliphatic hydroxyl groups is 1. The first kappa shape index (κ1) is 19.6. The predicted molar refractivity (Wildman–Crippen MR) is 110 cm³/mol. The number of ether oxygens (including phenoxy) is 2. The van der Waals surface area contributed by atoms with Crippen LogP contribution in [-0.4, -0.2) is 35.4 Å². The normalized spacial score (nSPS) is 16.7. The van der Waals surface area contributed by atoms with E-state index >= 15 is 0 Å². The number of benzene rings is 2. The van der Waals surface area contributed by atoms with Crippen LogP contribution in [0.3, 0.4) is 0 Å². The molecule has 0 atom stereocenters. The van der Waals surface area contributed by atoms with E-state index in [1.165, 1.54) is 20.3 Å². The van der Waals surface area contributed by atoms with Gasteiger partial charge < -0.3 is 19.7 Å². The third-order valence-corrected chi connectivity index (χ3v) is 5.07. The van der Waals surface area contributed by atoms with Gasteiger partial charge in [-0.3, -0.25) is 0 Å². The molecular formula is C21H19NO5S. The van der Waals surface area contributed by atoms with Crippen LogP contribution in [0.4, 0.5) is 5.69 Å². The fourth-order valence-corrected chi connectivity index (χ4v) is 3.60. The number of hydrogen-bond donors (Lipinski definition) is 2. The molecule has 0 aliphatic carbocycles. The fourth-order valence-electron chi connectivity index (χ4n) is 2.56. The number of phenolic OH excluding ortho intramolecular Hbond substituents is 1. The number of carbonyl (C=O) groups is 1. The summed E-state index contributed by atoms with van der Waals surface area (Å²) in [6.07, 6.45) is 1.68. The van der Waals surface area contributed by atoms with Gasteiger partial charge in [-0.1, -0.05) is 35.5 Å². The minimum Gasteiger partial charge on any atom is -0.506 e. The maximum atomic E-state index is 12.2. The molecule has 2 aromatic carbocycles. The largest absolute Gasteiger partial charge is 0.506 e. The van der Waals surface area contributed by atoms with Gasteiger partial charge in [0.05, 0.1) is 24.8 Å². The maximum absolute atomic E-state index is 12.2. The highest BCUT2D eigenvalue weighted by Crippen LogP contribution is 2.40. The van der Waals surface area contributed by atoms with Gasteiger partial charge in [0.2, 0.25) is 0 Å². The highest BCUT2D eigenvalue weighted by atomic mass is 32.2. The van der Waals surface area contributed by atoms with Gasteiger partial charge in [0, 0.05) is 0 Å². The summed E-state index contributed by atoms with van der Waals surface area (Å²) in [6.45, 7) is 1.97. The second-order valence-corrected chi connectivity index (χ2v) is 7.04. The van der Waals surface area contributed by atoms with Crippen LogP contribution in [0.15, 0.2) is 63.7 Å². The van der Waals surface area contributed by atoms with Crippen molar-refractivity contribution in [3.8, 4) is 11.5 Å². The van der Waals surface area contributed by atoms with Crippen LogP contribution in [0.25, 0.3) is 6.08 Å². The van der Waals surface area contributed by atoms with E-state index in [2.05, 4.69) is 4.99 Å². The minimum absolute atomic E-state index is 0.0142. The fraction of sp³-hybridized carbons (Fsp3) is 0.143. The SMILES string of the molecule is COC(=O)C1=C(O)/C(=C\c2ccc(O)c(OC)c2)SC1=Nc1ccc(C)cc1. The average Bonchev–Trinajstić information content (AvgIpc) is 2.99. The molecule has 1 aliphatic heterocycles. The Morgan fingerprint density at radius 1 is 1.11 bits per heavy atom. The lowest BCUT2D eigenvalue weighted by Gasteiger charge is -2.04. The molecule has 0 bridgehead atoms. The first-order valence-corrected chi connectivity index (χ1v) is 9.18. The molecule has 144 valence electrons. The Bertz CT molecular complexity index is 1010. The van der Waals surface area contributed by atoms with Crippen molar-refractivity contribution in [2.24, 2.45) is 4.99 Å². The lowest BCUT2D eigenvalue weighted by Crippen LogP contribution is -2.10. The number of esters is 1. The summed E-state index contributed by atoms with van der Waals surface area (Å²) in [4.78, 5) is 17.1. The molecule has 2 aromatic rings. The number of methoxy groups -OCH3 is 2. The van der Waals surface area contributed by atoms with Crippen molar-refractivity contribution in [2.45, 2.75) is 6.92 Å². The molecule has 7 heteroatoms. The predicted octanol–water partition coefficient (Wildman–Crippen LogP) is 4.51. The number of thioether (sulfide) groups is 1. The molecule has 0 spiro atoms. The molecule has 28 heavy (non-hydrogen) atoms. The summed E-state index contributed by atoms with van der Waals surface area (Å²) < 4.78 is 9.92. The van der Waals surface area contributed by atoms with Crippen molar-refractivity contribution < 1.29 is 24.5 Å². The van der Waals surface area contributed by atoms with E-state index in [1.54, 1.807) is 18.2 Å². The number of aliphatic hydroxyl groups excluding tert-OH is 1. The summed E-state index contributed by atoms with van der Waals surface area (Å²) >= 11 is 1.16. The Labute approximate surface area is 166 Å². The molecule has 0 radical (unpaired) electrons. The lowest BCUT2D eigenvalue weighted by atomic mass is 10.1. The van der Waals surface area contributed by atoms with E-state index in [4.69, 9.17) is 9.47 Å². The molecule has 0 saturated carbocycles. The number of aryl methyl sites for hydroxylation is 1. The molecule has 0 aromatic heterocycles. The Morgan fingerprint density at radius 3 is 2.46 bits per heavy atom. The van der Waals surface area contributed by atoms with Crippen molar-refractivity contribution in [3.05, 3.63) is 69.8 Å². The summed E-state index contributed by atoms with van der Waals surface area (Å²) in [7, 11) is 2.71. The molecule has 3 rings (SSSR count). The standard InChI is InChI=1S/C21H19NO5S/c1-12-4-7-14(8-5-12)22-20-18(21(25)27-3)19(24)17(28-20)11-13-6-9-15(23)16(10-13)26-2/h4-11,23-24H,1-3H3/b17-11+,22-20?. The molecule has 2 N–H and O–H groups in total. The first-order valence-electron chi connectivity index (χ1n) is 8.37. The maximum Gasteiger partial charge on any atom is 0.344 e. The second-order valence-electron chi connectivity index (χ2n) is 6.01. The zero-order valence-electron chi connectivity index (χ0n) is 15.6. The van der Waals surface area contributed by atoms with E-state index in [9.17, 15) is 15.0 Å². The van der Waals surface area contributed by atoms with Crippen molar-refractivity contribution >= 4 is 34.5 Å². The molecule has 0 unspecified atom stereocenters. The third-order valence-electron chi connectivity index (χ3n) is 4.05. The molecule has 0 amide bonds. The van der Waals surface area contributed by atoms with E-state index in [0.717, 1.165) is 17.3 Å². The van der Waals surface area contributed by atoms with Crippen molar-refractivity contribution in [1.29, 1.82) is 0 Å². The van der Waals surface area contributed by atoms with Gasteiger partial charge in [-0.2, -0.15) is 0 Å². The van der Waals surface area contributed by atoms with Crippen LogP contribution in [-0.2, 0) is 9.53 Å². The van der Waals surface area contributed by atoms with Gasteiger partial charge in [0.25, 0.3) is 0 Å². The summed E-state index contributed by atoms with van der Waals surface area (Å²) in [5.74, 6) is -0.541. The van der Waals surface area contributed by atoms with Crippen LogP contribution < -0.4 is 4.74 Å². The number of carbonyl (C=O) groups excluding carboxylic acids is 1. The van der Waals surface area contributed by atoms with E-state index in [1.807, 2.05) is 31.2 Å². The summed E-state index contributed by atoms with van der Waals surface area (Å²) in [5.41, 5.74) is 2.46. The average molecular weight is 397 g/mol. The summed E-state index contributed by atoms with van der Waals surface area (Å²) in [5, 5.41) is 20.7. The Morgan fingerprint density at radius 2 is 1.82 bits per heavy atom. The van der Waals surface area contributed by atoms with Crippen LogP contribution in [0, 0.1) is 6.92 Å². The molecule has 0 saturated heterocycles. The van der Waals surface area contributed by atoms with Crippen LogP contribution >= 0.6 is 11.8 Å². The number of hydrogen-bond acceptors (Lipinski definition) is 7. The number of aliphatic imine (C=N–C) groups is 1. The third kappa shape index (κ3) is 4.04. The van der Waals surface area contributed by atoms with Gasteiger partial charge in [0.1, 0.15) is 16.4 Å². The van der Waals surface area contributed by atoms with Gasteiger partial charge >= 0.3 is 5.97 Å². The molecule has 1 aliphatic rings. The second kappa shape index (κ2) is 8.22. The molecule has 1 heterocycles. The van der Waals surface area contributed by atoms with Gasteiger partial charge in [-0.15, -0.1) is 0 Å². The minimum atomic E-state index is -0.664. The molecule has 6 nitrogen and oxygen atoms in total. The van der Waals surface area contributed by atoms with Gasteiger partial charge in [-0.05, 0) is 42.8 Å². The quantitative estimate of drug-likeness (QED) is 0.738. The Hall–Kier alpha value is -3.19. The lowest BCUT2D eigenvalue weighted by molar-refractivity contribution is -0.135. The van der Waals surface area contributed by atoms with Crippen LogP contribution in [0.5, 0.6) is 11.5 Å². The van der Waals surface area contributed by atoms with Gasteiger partial charge in [0.15, 0.2) is 11.5 Å². The smallest absolute Gasteiger partial charge is 0.344 e. The van der Waals surface area contributed by atoms with E-state index in [-0.39, 0.29) is 17.1 Å². The highest BCUT2D eigenvalue weighted by Gasteiger charge is 2.33. The van der Waals surface area contributed by atoms with Gasteiger partial charge in [-0.25, -0.2) is 9.79 Å². The van der Waals surface area contributed by atoms with Crippen molar-refractivity contribution in [3.63, 3.8) is 0 Å². The van der Waals surface area contributed by atoms with Crippen LogP contribution in [0.2, 0.25) is 0 Å². The van der Waals surface area contributed by atoms with E-state index in [0.29, 0.717) is 26.9 Å². The molecular weight excluding hydrogens is 378 g/mol. The summed E-state index contributed by atoms with van der Waals surface area (Å²) in [6, 6.07) is 12.3. The van der Waals surface area contributed by atoms with Crippen LogP contribution in [0.1, 0.15) is 11.1 Å². The Kier molecular flexibility index (Phi) is 5.75. The first-order chi connectivity index (χ1) is 13.4. The Balaban J connectivity index is 2.03. The van der Waals surface area contributed by atoms with Crippen molar-refractivity contribution in [2.75, 3.05) is 14.2 Å². The number of aromatic hydroxyl groups is 1. The van der Waals surface area contributed by atoms with E-state index < -0.39 is 5.97 Å². The number of phenols is 1. The number of rotatable bonds is 4.